The van der Waals surface area contributed by atoms with Crippen LogP contribution in [0.25, 0.3) is 0 Å². The molecule has 0 bridgehead atoms. The molecule has 0 aromatic rings. The van der Waals surface area contributed by atoms with Crippen molar-refractivity contribution >= 4 is 21.3 Å². The second kappa shape index (κ2) is 12.9. The molecular formula is C14H31O4S2+. The first-order valence-corrected chi connectivity index (χ1v) is 11.0. The Labute approximate surface area is 128 Å². The lowest BCUT2D eigenvalue weighted by Crippen LogP contribution is -2.16. The minimum Gasteiger partial charge on any atom is -0.263 e. The molecule has 0 spiro atoms. The van der Waals surface area contributed by atoms with Gasteiger partial charge in [-0.25, -0.2) is 0 Å². The monoisotopic (exact) mass is 327 g/mol. The highest BCUT2D eigenvalue weighted by Gasteiger charge is 2.15. The van der Waals surface area contributed by atoms with Crippen molar-refractivity contribution in [2.24, 2.45) is 0 Å². The maximum atomic E-state index is 10.4. The molecule has 0 aliphatic rings. The SMILES string of the molecule is CCCCCCCCCCCC[S+](C)COS(=O)(=O)O. The maximum Gasteiger partial charge on any atom is 0.401 e. The van der Waals surface area contributed by atoms with E-state index in [0.717, 1.165) is 12.2 Å². The topological polar surface area (TPSA) is 63.6 Å². The number of hydrogen-bond donors (Lipinski definition) is 1. The van der Waals surface area contributed by atoms with Crippen molar-refractivity contribution in [1.82, 2.24) is 0 Å². The third-order valence-corrected chi connectivity index (χ3v) is 5.32. The molecule has 0 fully saturated rings. The number of rotatable bonds is 14. The molecule has 0 amide bonds. The molecule has 6 heteroatoms. The van der Waals surface area contributed by atoms with Crippen LogP contribution in [0.2, 0.25) is 0 Å². The predicted octanol–water partition coefficient (Wildman–Crippen LogP) is 3.93. The summed E-state index contributed by atoms with van der Waals surface area (Å²) in [4.78, 5) is 0. The zero-order valence-electron chi connectivity index (χ0n) is 13.0. The summed E-state index contributed by atoms with van der Waals surface area (Å²) in [5.74, 6) is 1.09. The molecule has 1 unspecified atom stereocenters. The summed E-state index contributed by atoms with van der Waals surface area (Å²) in [6.07, 6.45) is 15.0. The van der Waals surface area contributed by atoms with Gasteiger partial charge in [0.05, 0.1) is 6.26 Å². The Morgan fingerprint density at radius 2 is 1.35 bits per heavy atom. The number of unbranched alkanes of at least 4 members (excludes halogenated alkanes) is 9. The first-order valence-electron chi connectivity index (χ1n) is 7.66. The lowest BCUT2D eigenvalue weighted by Gasteiger charge is -2.03. The van der Waals surface area contributed by atoms with Crippen molar-refractivity contribution in [2.75, 3.05) is 17.9 Å². The highest BCUT2D eigenvalue weighted by atomic mass is 32.3. The largest absolute Gasteiger partial charge is 0.401 e. The van der Waals surface area contributed by atoms with Gasteiger partial charge in [0.1, 0.15) is 5.75 Å². The molecule has 0 saturated carbocycles. The van der Waals surface area contributed by atoms with Crippen LogP contribution in [0, 0.1) is 0 Å². The molecule has 0 aliphatic heterocycles. The molecule has 1 N–H and O–H groups in total. The fourth-order valence-electron chi connectivity index (χ4n) is 2.04. The highest BCUT2D eigenvalue weighted by molar-refractivity contribution is 7.96. The minimum atomic E-state index is -4.26. The Balaban J connectivity index is 3.23. The molecule has 0 rings (SSSR count). The van der Waals surface area contributed by atoms with E-state index in [9.17, 15) is 8.42 Å². The summed E-state index contributed by atoms with van der Waals surface area (Å²) in [6.45, 7) is 2.24. The second-order valence-electron chi connectivity index (χ2n) is 5.33. The molecule has 0 aromatic carbocycles. The molecule has 0 radical (unpaired) electrons. The van der Waals surface area contributed by atoms with Gasteiger partial charge in [0.25, 0.3) is 0 Å². The predicted molar refractivity (Wildman–Crippen MR) is 87.5 cm³/mol. The van der Waals surface area contributed by atoms with Gasteiger partial charge in [0, 0.05) is 10.9 Å². The molecule has 0 heterocycles. The van der Waals surface area contributed by atoms with Crippen LogP contribution in [-0.4, -0.2) is 30.9 Å². The van der Waals surface area contributed by atoms with Crippen LogP contribution in [-0.2, 0) is 25.5 Å². The van der Waals surface area contributed by atoms with Crippen molar-refractivity contribution < 1.29 is 17.2 Å². The summed E-state index contributed by atoms with van der Waals surface area (Å²) in [7, 11) is -4.36. The van der Waals surface area contributed by atoms with Gasteiger partial charge in [0.15, 0.2) is 0 Å². The van der Waals surface area contributed by atoms with Crippen molar-refractivity contribution in [1.29, 1.82) is 0 Å². The summed E-state index contributed by atoms with van der Waals surface area (Å²) < 4.78 is 33.7. The van der Waals surface area contributed by atoms with Crippen molar-refractivity contribution in [3.63, 3.8) is 0 Å². The first-order chi connectivity index (χ1) is 9.45. The average molecular weight is 328 g/mol. The van der Waals surface area contributed by atoms with Gasteiger partial charge in [0.2, 0.25) is 5.94 Å². The van der Waals surface area contributed by atoms with E-state index in [1.54, 1.807) is 0 Å². The summed E-state index contributed by atoms with van der Waals surface area (Å²) >= 11 is 0. The Morgan fingerprint density at radius 3 is 1.80 bits per heavy atom. The Kier molecular flexibility index (Phi) is 13.1. The van der Waals surface area contributed by atoms with Crippen molar-refractivity contribution in [3.05, 3.63) is 0 Å². The molecule has 122 valence electrons. The fourth-order valence-corrected chi connectivity index (χ4v) is 4.00. The van der Waals surface area contributed by atoms with Gasteiger partial charge in [-0.1, -0.05) is 58.3 Å². The van der Waals surface area contributed by atoms with E-state index >= 15 is 0 Å². The van der Waals surface area contributed by atoms with Crippen LogP contribution < -0.4 is 0 Å². The minimum absolute atomic E-state index is 0.0905. The first kappa shape index (κ1) is 20.2. The maximum absolute atomic E-state index is 10.4. The van der Waals surface area contributed by atoms with E-state index in [0.29, 0.717) is 0 Å². The van der Waals surface area contributed by atoms with Crippen molar-refractivity contribution in [2.45, 2.75) is 71.1 Å². The van der Waals surface area contributed by atoms with Gasteiger partial charge in [-0.05, 0) is 12.8 Å². The molecule has 4 nitrogen and oxygen atoms in total. The van der Waals surface area contributed by atoms with Gasteiger partial charge < -0.3 is 0 Å². The average Bonchev–Trinajstić information content (AvgIpc) is 2.38. The summed E-state index contributed by atoms with van der Waals surface area (Å²) in [6, 6.07) is 0. The Hall–Kier alpha value is 0.220. The van der Waals surface area contributed by atoms with Crippen LogP contribution >= 0.6 is 0 Å². The Bertz CT molecular complexity index is 304. The third kappa shape index (κ3) is 16.3. The van der Waals surface area contributed by atoms with Gasteiger partial charge in [-0.3, -0.25) is 4.55 Å². The Morgan fingerprint density at radius 1 is 0.900 bits per heavy atom. The van der Waals surface area contributed by atoms with E-state index in [-0.39, 0.29) is 16.8 Å². The molecule has 20 heavy (non-hydrogen) atoms. The smallest absolute Gasteiger partial charge is 0.263 e. The molecule has 0 aromatic heterocycles. The zero-order valence-corrected chi connectivity index (χ0v) is 14.6. The van der Waals surface area contributed by atoms with Crippen LogP contribution in [0.3, 0.4) is 0 Å². The molecule has 0 aliphatic carbocycles. The van der Waals surface area contributed by atoms with Crippen LogP contribution in [0.15, 0.2) is 0 Å². The lowest BCUT2D eigenvalue weighted by atomic mass is 10.1. The van der Waals surface area contributed by atoms with E-state index in [1.165, 1.54) is 57.8 Å². The summed E-state index contributed by atoms with van der Waals surface area (Å²) in [5.41, 5.74) is 0. The number of hydrogen-bond acceptors (Lipinski definition) is 3. The summed E-state index contributed by atoms with van der Waals surface area (Å²) in [5, 5.41) is 0. The standard InChI is InChI=1S/C14H30O4S2/c1-3-4-5-6-7-8-9-10-11-12-13-19(2)14-18-20(15,16)17/h3-14H2,1-2H3/p+1. The third-order valence-electron chi connectivity index (χ3n) is 3.24. The van der Waals surface area contributed by atoms with E-state index in [2.05, 4.69) is 11.1 Å². The van der Waals surface area contributed by atoms with Gasteiger partial charge in [-0.15, -0.1) is 0 Å². The zero-order chi connectivity index (χ0) is 15.3. The van der Waals surface area contributed by atoms with Crippen LogP contribution in [0.5, 0.6) is 0 Å². The highest BCUT2D eigenvalue weighted by Crippen LogP contribution is 2.11. The van der Waals surface area contributed by atoms with Crippen LogP contribution in [0.4, 0.5) is 0 Å². The van der Waals surface area contributed by atoms with Crippen LogP contribution in [0.1, 0.15) is 71.1 Å². The van der Waals surface area contributed by atoms with Gasteiger partial charge in [-0.2, -0.15) is 12.6 Å². The molecular weight excluding hydrogens is 296 g/mol. The lowest BCUT2D eigenvalue weighted by molar-refractivity contribution is 0.312. The van der Waals surface area contributed by atoms with E-state index in [4.69, 9.17) is 4.55 Å². The quantitative estimate of drug-likeness (QED) is 0.298. The van der Waals surface area contributed by atoms with Crippen molar-refractivity contribution in [3.8, 4) is 0 Å². The second-order valence-corrected chi connectivity index (χ2v) is 8.63. The fraction of sp³-hybridized carbons (Fsp3) is 1.00. The van der Waals surface area contributed by atoms with E-state index < -0.39 is 10.4 Å². The molecule has 0 saturated heterocycles. The van der Waals surface area contributed by atoms with E-state index in [1.807, 2.05) is 6.26 Å². The molecule has 1 atom stereocenters. The normalized spacial score (nSPS) is 13.6. The van der Waals surface area contributed by atoms with Gasteiger partial charge >= 0.3 is 10.4 Å².